The Kier molecular flexibility index (Phi) is 14.7. The average molecular weight is 836 g/mol. The molecule has 0 unspecified atom stereocenters. The number of ether oxygens (including phenoxy) is 2. The minimum atomic E-state index is -5.08. The molecule has 20 heteroatoms. The van der Waals surface area contributed by atoms with Crippen molar-refractivity contribution in [2.24, 2.45) is 11.5 Å². The van der Waals surface area contributed by atoms with Crippen LogP contribution in [0.25, 0.3) is 10.9 Å². The molecule has 1 atom stereocenters. The summed E-state index contributed by atoms with van der Waals surface area (Å²) in [5.74, 6) is -2.82. The van der Waals surface area contributed by atoms with E-state index in [9.17, 15) is 31.2 Å². The lowest BCUT2D eigenvalue weighted by Crippen LogP contribution is -2.64. The molecular weight excluding hydrogens is 792 g/mol. The lowest BCUT2D eigenvalue weighted by molar-refractivity contribution is -0.192. The number of carbonyl (C=O) groups excluding carboxylic acids is 2. The maximum absolute atomic E-state index is 14.1. The number of sulfonamides is 1. The largest absolute Gasteiger partial charge is 0.490 e. The number of rotatable bonds is 11. The van der Waals surface area contributed by atoms with Crippen molar-refractivity contribution in [2.75, 3.05) is 45.9 Å². The maximum atomic E-state index is 14.1. The first-order valence-corrected chi connectivity index (χ1v) is 19.5. The number of aromatic nitrogens is 1. The molecule has 14 nitrogen and oxygen atoms in total. The van der Waals surface area contributed by atoms with Gasteiger partial charge in [0.05, 0.1) is 11.1 Å². The van der Waals surface area contributed by atoms with Crippen molar-refractivity contribution >= 4 is 61.9 Å². The number of nitrogens with two attached hydrogens (primary N) is 2. The Morgan fingerprint density at radius 3 is 2.29 bits per heavy atom. The number of piperazine rings is 1. The summed E-state index contributed by atoms with van der Waals surface area (Å²) in [7, 11) is -4.35. The van der Waals surface area contributed by atoms with Crippen LogP contribution >= 0.6 is 23.2 Å². The predicted octanol–water partition coefficient (Wildman–Crippen LogP) is 3.94. The predicted molar refractivity (Wildman–Crippen MR) is 198 cm³/mol. The smallest absolute Gasteiger partial charge is 0.487 e. The van der Waals surface area contributed by atoms with Crippen LogP contribution in [-0.4, -0.2) is 110 Å². The molecule has 1 aromatic heterocycles. The van der Waals surface area contributed by atoms with Crippen LogP contribution in [-0.2, 0) is 35.8 Å². The lowest BCUT2D eigenvalue weighted by atomic mass is 9.89. The highest BCUT2D eigenvalue weighted by molar-refractivity contribution is 7.89. The quantitative estimate of drug-likeness (QED) is 0.218. The zero-order chi connectivity index (χ0) is 40.7. The number of nitrogens with one attached hydrogen (secondary N) is 1. The van der Waals surface area contributed by atoms with Crippen LogP contribution in [0.15, 0.2) is 41.3 Å². The minimum absolute atomic E-state index is 0.108. The molecule has 0 radical (unpaired) electrons. The molecule has 0 bridgehead atoms. The van der Waals surface area contributed by atoms with Gasteiger partial charge >= 0.3 is 12.1 Å². The fraction of sp³-hybridized carbons (Fsp3) is 0.486. The topological polar surface area (TPSA) is 207 Å². The third-order valence-electron chi connectivity index (χ3n) is 9.19. The number of aryl methyl sites for hydroxylation is 2. The Labute approximate surface area is 326 Å². The van der Waals surface area contributed by atoms with E-state index in [1.807, 2.05) is 32.0 Å². The number of fused-ring (bicyclic) bond motifs is 1. The summed E-state index contributed by atoms with van der Waals surface area (Å²) >= 11 is 13.3. The van der Waals surface area contributed by atoms with E-state index in [4.69, 9.17) is 54.0 Å². The number of hydrogen-bond donors (Lipinski definition) is 4. The Morgan fingerprint density at radius 1 is 1.07 bits per heavy atom. The van der Waals surface area contributed by atoms with E-state index in [1.54, 1.807) is 15.9 Å². The average Bonchev–Trinajstić information content (AvgIpc) is 3.13. The molecule has 2 saturated heterocycles. The number of nitrogens with zero attached hydrogens (tertiary/aromatic N) is 3. The van der Waals surface area contributed by atoms with Crippen LogP contribution in [0.2, 0.25) is 10.0 Å². The Morgan fingerprint density at radius 2 is 1.69 bits per heavy atom. The van der Waals surface area contributed by atoms with Gasteiger partial charge in [0, 0.05) is 61.1 Å². The molecule has 6 N–H and O–H groups in total. The number of aliphatic carboxylic acids is 1. The van der Waals surface area contributed by atoms with Crippen molar-refractivity contribution in [2.45, 2.75) is 68.8 Å². The molecule has 3 aromatic rings. The second-order valence-electron chi connectivity index (χ2n) is 13.1. The molecule has 0 saturated carbocycles. The number of para-hydroxylation sites is 1. The third kappa shape index (κ3) is 10.8. The zero-order valence-electron chi connectivity index (χ0n) is 30.1. The van der Waals surface area contributed by atoms with Gasteiger partial charge in [-0.05, 0) is 75.9 Å². The Bertz CT molecular complexity index is 1990. The van der Waals surface area contributed by atoms with Crippen LogP contribution in [0.5, 0.6) is 5.75 Å². The zero-order valence-corrected chi connectivity index (χ0v) is 32.5. The number of halogens is 5. The first-order chi connectivity index (χ1) is 25.8. The van der Waals surface area contributed by atoms with Gasteiger partial charge < -0.3 is 35.8 Å². The molecule has 2 aromatic carbocycles. The molecule has 2 fully saturated rings. The number of benzene rings is 2. The van der Waals surface area contributed by atoms with Gasteiger partial charge in [0.1, 0.15) is 28.3 Å². The molecule has 0 spiro atoms. The van der Waals surface area contributed by atoms with Crippen molar-refractivity contribution in [1.82, 2.24) is 19.5 Å². The van der Waals surface area contributed by atoms with Crippen molar-refractivity contribution < 1.29 is 50.6 Å². The fourth-order valence-electron chi connectivity index (χ4n) is 6.26. The summed E-state index contributed by atoms with van der Waals surface area (Å²) in [5.41, 5.74) is 13.0. The second kappa shape index (κ2) is 18.4. The van der Waals surface area contributed by atoms with Gasteiger partial charge in [-0.2, -0.15) is 17.9 Å². The highest BCUT2D eigenvalue weighted by atomic mass is 35.5. The van der Waals surface area contributed by atoms with E-state index >= 15 is 0 Å². The van der Waals surface area contributed by atoms with Gasteiger partial charge in [-0.1, -0.05) is 35.3 Å². The summed E-state index contributed by atoms with van der Waals surface area (Å²) in [6.45, 7) is 5.66. The molecular formula is C35H43Cl2F3N6O8S. The summed E-state index contributed by atoms with van der Waals surface area (Å²) in [4.78, 5) is 43.4. The van der Waals surface area contributed by atoms with Crippen LogP contribution in [0, 0.1) is 13.8 Å². The van der Waals surface area contributed by atoms with E-state index in [0.717, 1.165) is 16.6 Å². The summed E-state index contributed by atoms with van der Waals surface area (Å²) in [6, 6.07) is 9.69. The normalized spacial score (nSPS) is 16.6. The first-order valence-electron chi connectivity index (χ1n) is 17.2. The lowest BCUT2D eigenvalue weighted by Gasteiger charge is -2.43. The molecule has 5 rings (SSSR count). The highest BCUT2D eigenvalue weighted by Crippen LogP contribution is 2.35. The standard InChI is InChI=1S/C33H42Cl2N6O6S.C2HF3O2/c1-21-19-22(2)38-30-23(21)5-3-7-27(30)47-20-24-25(34)8-9-28(29(24)35)48(44,45)39-33(10-17-46-18-11-33)32(43)41-15-13-40(14-16-41)31(42)26(37)6-4-12-36;3-2(4,5)1(6)7/h3,5,7-9,19,26,39H,4,6,10-18,20,36-37H2,1-2H3;(H,6,7)/t26-;/m0./s1. The number of hydrogen-bond acceptors (Lipinski definition) is 10. The molecule has 0 aliphatic carbocycles. The molecule has 2 amide bonds. The minimum Gasteiger partial charge on any atom is -0.487 e. The highest BCUT2D eigenvalue weighted by Gasteiger charge is 2.47. The van der Waals surface area contributed by atoms with E-state index in [2.05, 4.69) is 9.71 Å². The van der Waals surface area contributed by atoms with Crippen LogP contribution in [0.3, 0.4) is 0 Å². The van der Waals surface area contributed by atoms with Gasteiger partial charge in [0.15, 0.2) is 0 Å². The number of alkyl halides is 3. The van der Waals surface area contributed by atoms with Crippen LogP contribution in [0.4, 0.5) is 13.2 Å². The number of carboxylic acid groups (broad SMARTS) is 1. The second-order valence-corrected chi connectivity index (χ2v) is 15.6. The van der Waals surface area contributed by atoms with Crippen LogP contribution in [0.1, 0.15) is 42.5 Å². The summed E-state index contributed by atoms with van der Waals surface area (Å²) in [5, 5.41) is 8.18. The van der Waals surface area contributed by atoms with Gasteiger partial charge in [0.25, 0.3) is 0 Å². The van der Waals surface area contributed by atoms with Crippen LogP contribution < -0.4 is 20.9 Å². The number of amides is 2. The van der Waals surface area contributed by atoms with Gasteiger partial charge in [-0.15, -0.1) is 0 Å². The van der Waals surface area contributed by atoms with Crippen molar-refractivity contribution in [1.29, 1.82) is 0 Å². The van der Waals surface area contributed by atoms with E-state index < -0.39 is 33.7 Å². The SMILES string of the molecule is Cc1cc(C)c2cccc(OCc3c(Cl)ccc(S(=O)(=O)NC4(C(=O)N5CCN(C(=O)[C@@H](N)CCCN)CC5)CCOCC4)c3Cl)c2n1.O=C(O)C(F)(F)F. The van der Waals surface area contributed by atoms with E-state index in [-0.39, 0.29) is 91.2 Å². The first kappa shape index (κ1) is 43.9. The molecule has 302 valence electrons. The maximum Gasteiger partial charge on any atom is 0.490 e. The molecule has 2 aliphatic heterocycles. The molecule has 55 heavy (non-hydrogen) atoms. The van der Waals surface area contributed by atoms with Crippen molar-refractivity contribution in [3.8, 4) is 5.75 Å². The van der Waals surface area contributed by atoms with Gasteiger partial charge in [-0.25, -0.2) is 18.2 Å². The number of carbonyl (C=O) groups is 3. The molecule has 2 aliphatic rings. The van der Waals surface area contributed by atoms with Gasteiger partial charge in [0.2, 0.25) is 21.8 Å². The fourth-order valence-corrected chi connectivity index (χ4v) is 8.56. The van der Waals surface area contributed by atoms with Gasteiger partial charge in [-0.3, -0.25) is 9.59 Å². The van der Waals surface area contributed by atoms with E-state index in [1.165, 1.54) is 12.1 Å². The van der Waals surface area contributed by atoms with Crippen molar-refractivity contribution in [3.63, 3.8) is 0 Å². The summed E-state index contributed by atoms with van der Waals surface area (Å²) < 4.78 is 74.1. The number of carboxylic acids is 1. The Balaban J connectivity index is 0.000000876. The monoisotopic (exact) mass is 834 g/mol. The Hall–Kier alpha value is -3.78. The van der Waals surface area contributed by atoms with E-state index in [0.29, 0.717) is 30.7 Å². The third-order valence-corrected chi connectivity index (χ3v) is 11.7. The number of pyridine rings is 1. The van der Waals surface area contributed by atoms with Crippen molar-refractivity contribution in [3.05, 3.63) is 63.3 Å². The molecule has 3 heterocycles. The summed E-state index contributed by atoms with van der Waals surface area (Å²) in [6.07, 6.45) is -3.70.